The fraction of sp³-hybridized carbons (Fsp3) is 0.609. The average molecular weight is 400 g/mol. The van der Waals surface area contributed by atoms with E-state index >= 15 is 0 Å². The summed E-state index contributed by atoms with van der Waals surface area (Å²) in [6, 6.07) is 11.4. The second-order valence-electron chi connectivity index (χ2n) is 8.43. The second-order valence-corrected chi connectivity index (χ2v) is 9.63. The third-order valence-corrected chi connectivity index (χ3v) is 7.51. The molecule has 2 fully saturated rings. The van der Waals surface area contributed by atoms with Crippen molar-refractivity contribution in [2.75, 3.05) is 26.2 Å². The topological polar surface area (TPSA) is 39.6 Å². The Morgan fingerprint density at radius 2 is 1.96 bits per heavy atom. The molecule has 2 aromatic rings. The maximum Gasteiger partial charge on any atom is 0.0547 e. The number of aryl methyl sites for hydroxylation is 1. The summed E-state index contributed by atoms with van der Waals surface area (Å²) in [6.45, 7) is 7.39. The molecule has 0 amide bonds. The predicted octanol–water partition coefficient (Wildman–Crippen LogP) is 4.18. The molecule has 0 bridgehead atoms. The Morgan fingerprint density at radius 1 is 1.11 bits per heavy atom. The Bertz CT molecular complexity index is 756. The van der Waals surface area contributed by atoms with Gasteiger partial charge < -0.3 is 5.11 Å². The van der Waals surface area contributed by atoms with Gasteiger partial charge in [0.15, 0.2) is 0 Å². The molecule has 2 aliphatic rings. The van der Waals surface area contributed by atoms with Crippen LogP contribution < -0.4 is 0 Å². The van der Waals surface area contributed by atoms with E-state index < -0.39 is 0 Å². The summed E-state index contributed by atoms with van der Waals surface area (Å²) in [5, 5.41) is 9.59. The molecule has 0 radical (unpaired) electrons. The highest BCUT2D eigenvalue weighted by Crippen LogP contribution is 2.38. The highest BCUT2D eigenvalue weighted by molar-refractivity contribution is 7.12. The molecular formula is C23H33N3OS. The van der Waals surface area contributed by atoms with Crippen LogP contribution in [0.1, 0.15) is 59.2 Å². The lowest BCUT2D eigenvalue weighted by Gasteiger charge is -2.41. The molecule has 152 valence electrons. The number of pyridine rings is 1. The first-order valence-electron chi connectivity index (χ1n) is 10.8. The maximum atomic E-state index is 9.59. The first kappa shape index (κ1) is 20.0. The lowest BCUT2D eigenvalue weighted by Crippen LogP contribution is -2.52. The molecule has 1 saturated carbocycles. The van der Waals surface area contributed by atoms with Crippen molar-refractivity contribution in [2.45, 2.75) is 64.1 Å². The van der Waals surface area contributed by atoms with Gasteiger partial charge in [0.05, 0.1) is 5.69 Å². The van der Waals surface area contributed by atoms with Gasteiger partial charge in [-0.15, -0.1) is 11.3 Å². The average Bonchev–Trinajstić information content (AvgIpc) is 3.36. The van der Waals surface area contributed by atoms with E-state index in [2.05, 4.69) is 39.0 Å². The molecule has 4 rings (SSSR count). The number of rotatable bonds is 7. The zero-order chi connectivity index (χ0) is 19.3. The zero-order valence-electron chi connectivity index (χ0n) is 17.0. The van der Waals surface area contributed by atoms with E-state index in [4.69, 9.17) is 0 Å². The zero-order valence-corrected chi connectivity index (χ0v) is 17.8. The van der Waals surface area contributed by atoms with Gasteiger partial charge in [-0.2, -0.15) is 0 Å². The van der Waals surface area contributed by atoms with E-state index in [9.17, 15) is 5.11 Å². The smallest absolute Gasteiger partial charge is 0.0547 e. The molecule has 1 atom stereocenters. The van der Waals surface area contributed by atoms with Gasteiger partial charge >= 0.3 is 0 Å². The summed E-state index contributed by atoms with van der Waals surface area (Å²) in [4.78, 5) is 12.9. The van der Waals surface area contributed by atoms with Crippen molar-refractivity contribution in [2.24, 2.45) is 0 Å². The largest absolute Gasteiger partial charge is 0.396 e. The summed E-state index contributed by atoms with van der Waals surface area (Å²) in [5.41, 5.74) is 2.21. The summed E-state index contributed by atoms with van der Waals surface area (Å²) in [5.74, 6) is 0.819. The molecule has 0 unspecified atom stereocenters. The normalized spacial score (nSPS) is 22.1. The third kappa shape index (κ3) is 5.01. The van der Waals surface area contributed by atoms with Gasteiger partial charge in [0, 0.05) is 60.8 Å². The Labute approximate surface area is 173 Å². The van der Waals surface area contributed by atoms with Crippen LogP contribution in [0.15, 0.2) is 30.3 Å². The highest BCUT2D eigenvalue weighted by Gasteiger charge is 2.27. The molecule has 1 saturated heterocycles. The highest BCUT2D eigenvalue weighted by atomic mass is 32.1. The van der Waals surface area contributed by atoms with Crippen molar-refractivity contribution in [3.8, 4) is 0 Å². The Kier molecular flexibility index (Phi) is 6.78. The van der Waals surface area contributed by atoms with E-state index in [0.717, 1.165) is 56.5 Å². The van der Waals surface area contributed by atoms with Crippen LogP contribution in [-0.4, -0.2) is 52.2 Å². The summed E-state index contributed by atoms with van der Waals surface area (Å²) in [6.07, 6.45) is 6.39. The first-order valence-corrected chi connectivity index (χ1v) is 11.6. The van der Waals surface area contributed by atoms with Crippen LogP contribution in [0.2, 0.25) is 0 Å². The molecule has 5 heteroatoms. The molecule has 0 spiro atoms. The predicted molar refractivity (Wildman–Crippen MR) is 116 cm³/mol. The minimum absolute atomic E-state index is 0.251. The van der Waals surface area contributed by atoms with Gasteiger partial charge in [-0.1, -0.05) is 18.9 Å². The molecular weight excluding hydrogens is 366 g/mol. The van der Waals surface area contributed by atoms with Crippen molar-refractivity contribution >= 4 is 11.3 Å². The number of aliphatic hydroxyl groups excluding tert-OH is 1. The lowest BCUT2D eigenvalue weighted by molar-refractivity contribution is 0.0496. The fourth-order valence-electron chi connectivity index (χ4n) is 4.76. The van der Waals surface area contributed by atoms with Gasteiger partial charge in [-0.25, -0.2) is 0 Å². The number of aromatic nitrogens is 1. The van der Waals surface area contributed by atoms with Gasteiger partial charge in [0.25, 0.3) is 0 Å². The van der Waals surface area contributed by atoms with Crippen LogP contribution in [0.3, 0.4) is 0 Å². The molecule has 1 aliphatic carbocycles. The van der Waals surface area contributed by atoms with Gasteiger partial charge in [0.2, 0.25) is 0 Å². The second kappa shape index (κ2) is 9.49. The molecule has 0 aromatic carbocycles. The summed E-state index contributed by atoms with van der Waals surface area (Å²) in [7, 11) is 0. The van der Waals surface area contributed by atoms with Crippen LogP contribution in [0.25, 0.3) is 0 Å². The van der Waals surface area contributed by atoms with Crippen LogP contribution in [0.5, 0.6) is 0 Å². The Morgan fingerprint density at radius 3 is 2.75 bits per heavy atom. The van der Waals surface area contributed by atoms with Crippen molar-refractivity contribution in [3.63, 3.8) is 0 Å². The van der Waals surface area contributed by atoms with E-state index in [0.29, 0.717) is 6.04 Å². The molecule has 3 heterocycles. The van der Waals surface area contributed by atoms with Crippen LogP contribution >= 0.6 is 11.3 Å². The SMILES string of the molecule is Cc1cccc(CN2CCN(Cc3ccc(C4CCCC4)s3)C[C@H]2CCO)n1. The number of piperazine rings is 1. The van der Waals surface area contributed by atoms with E-state index in [1.165, 1.54) is 30.6 Å². The number of aliphatic hydroxyl groups is 1. The number of thiophene rings is 1. The first-order chi connectivity index (χ1) is 13.7. The number of hydrogen-bond acceptors (Lipinski definition) is 5. The van der Waals surface area contributed by atoms with Crippen LogP contribution in [-0.2, 0) is 13.1 Å². The van der Waals surface area contributed by atoms with Crippen LogP contribution in [0, 0.1) is 6.92 Å². The van der Waals surface area contributed by atoms with E-state index in [1.807, 2.05) is 24.3 Å². The molecule has 1 N–H and O–H groups in total. The quantitative estimate of drug-likeness (QED) is 0.758. The standard InChI is InChI=1S/C23H33N3OS/c1-18-5-4-8-20(24-18)15-26-13-12-25(16-21(26)11-14-27)17-22-9-10-23(28-22)19-6-2-3-7-19/h4-5,8-10,19,21,27H,2-3,6-7,11-17H2,1H3/t21-/m1/s1. The van der Waals surface area contributed by atoms with Crippen molar-refractivity contribution in [1.29, 1.82) is 0 Å². The Balaban J connectivity index is 1.36. The van der Waals surface area contributed by atoms with Gasteiger partial charge in [-0.05, 0) is 56.4 Å². The Hall–Kier alpha value is -1.27. The summed E-state index contributed by atoms with van der Waals surface area (Å²) < 4.78 is 0. The monoisotopic (exact) mass is 399 g/mol. The molecule has 28 heavy (non-hydrogen) atoms. The van der Waals surface area contributed by atoms with Gasteiger partial charge in [-0.3, -0.25) is 14.8 Å². The van der Waals surface area contributed by atoms with E-state index in [1.54, 1.807) is 4.88 Å². The molecule has 1 aliphatic heterocycles. The van der Waals surface area contributed by atoms with Gasteiger partial charge in [0.1, 0.15) is 0 Å². The van der Waals surface area contributed by atoms with Crippen molar-refractivity contribution in [3.05, 3.63) is 51.5 Å². The number of hydrogen-bond donors (Lipinski definition) is 1. The maximum absolute atomic E-state index is 9.59. The lowest BCUT2D eigenvalue weighted by atomic mass is 10.1. The van der Waals surface area contributed by atoms with E-state index in [-0.39, 0.29) is 6.61 Å². The minimum Gasteiger partial charge on any atom is -0.396 e. The van der Waals surface area contributed by atoms with Crippen molar-refractivity contribution in [1.82, 2.24) is 14.8 Å². The van der Waals surface area contributed by atoms with Crippen LogP contribution in [0.4, 0.5) is 0 Å². The molecule has 4 nitrogen and oxygen atoms in total. The minimum atomic E-state index is 0.251. The fourth-order valence-corrected chi connectivity index (χ4v) is 5.98. The summed E-state index contributed by atoms with van der Waals surface area (Å²) >= 11 is 2.03. The number of nitrogens with zero attached hydrogens (tertiary/aromatic N) is 3. The van der Waals surface area contributed by atoms with Crippen molar-refractivity contribution < 1.29 is 5.11 Å². The molecule has 2 aromatic heterocycles. The third-order valence-electron chi connectivity index (χ3n) is 6.28.